The minimum Gasteiger partial charge on any atom is -0.550 e. The standard InChI is InChI=1S/C12H19NO10.4Na/c14-3-1-13(7(11(19)20)5-9(15)16)2-4-23-8(12(21)22)6-10(17)18;;;;/h7-8,14H,1-6H2,(H,15,16)(H,17,18)(H,19,20)(H,21,22);;;;/q;4*+1/p-4/t7-,8?;;;;/m0..../s1. The average molecular weight is 425 g/mol. The van der Waals surface area contributed by atoms with Gasteiger partial charge in [-0.15, -0.1) is 0 Å². The minimum atomic E-state index is -1.81. The van der Waals surface area contributed by atoms with Crippen LogP contribution in [0.15, 0.2) is 0 Å². The Bertz CT molecular complexity index is 454. The van der Waals surface area contributed by atoms with E-state index in [1.807, 2.05) is 0 Å². The molecular weight excluding hydrogens is 410 g/mol. The number of carboxylic acids is 4. The largest absolute Gasteiger partial charge is 1.00 e. The Morgan fingerprint density at radius 3 is 1.63 bits per heavy atom. The molecule has 0 spiro atoms. The molecule has 27 heavy (non-hydrogen) atoms. The molecule has 0 aliphatic rings. The Hall–Kier alpha value is 1.76. The second kappa shape index (κ2) is 22.4. The topological polar surface area (TPSA) is 193 Å². The van der Waals surface area contributed by atoms with Crippen LogP contribution in [-0.2, 0) is 23.9 Å². The van der Waals surface area contributed by atoms with Crippen LogP contribution in [-0.4, -0.2) is 72.3 Å². The van der Waals surface area contributed by atoms with Crippen LogP contribution in [0.5, 0.6) is 0 Å². The van der Waals surface area contributed by atoms with Crippen molar-refractivity contribution >= 4 is 23.9 Å². The molecule has 1 N–H and O–H groups in total. The van der Waals surface area contributed by atoms with Gasteiger partial charge < -0.3 is 49.4 Å². The number of ether oxygens (including phenoxy) is 1. The van der Waals surface area contributed by atoms with Crippen molar-refractivity contribution in [2.45, 2.75) is 25.0 Å². The molecule has 132 valence electrons. The van der Waals surface area contributed by atoms with Crippen molar-refractivity contribution in [1.29, 1.82) is 0 Å². The Morgan fingerprint density at radius 1 is 0.815 bits per heavy atom. The second-order valence-electron chi connectivity index (χ2n) is 4.43. The molecular formula is C12H15NNa4O10. The zero-order chi connectivity index (χ0) is 18.0. The molecule has 0 aromatic heterocycles. The normalized spacial score (nSPS) is 11.5. The molecule has 0 aliphatic carbocycles. The minimum absolute atomic E-state index is 0. The van der Waals surface area contributed by atoms with Gasteiger partial charge >= 0.3 is 118 Å². The molecule has 1 unspecified atom stereocenters. The number of hydrogen-bond donors (Lipinski definition) is 1. The predicted octanol–water partition coefficient (Wildman–Crippen LogP) is -19.2. The number of aliphatic hydroxyl groups excluding tert-OH is 1. The Kier molecular flexibility index (Phi) is 32.6. The fraction of sp³-hybridized carbons (Fsp3) is 0.667. The van der Waals surface area contributed by atoms with Crippen molar-refractivity contribution in [2.24, 2.45) is 0 Å². The molecule has 0 amide bonds. The van der Waals surface area contributed by atoms with E-state index >= 15 is 0 Å². The summed E-state index contributed by atoms with van der Waals surface area (Å²) in [5.74, 6) is -6.87. The Balaban J connectivity index is -0.000000403. The van der Waals surface area contributed by atoms with E-state index < -0.39 is 62.1 Å². The van der Waals surface area contributed by atoms with Gasteiger partial charge in [0.15, 0.2) is 0 Å². The molecule has 15 heteroatoms. The predicted molar refractivity (Wildman–Crippen MR) is 61.4 cm³/mol. The van der Waals surface area contributed by atoms with Gasteiger partial charge in [0.25, 0.3) is 0 Å². The van der Waals surface area contributed by atoms with E-state index in [-0.39, 0.29) is 131 Å². The van der Waals surface area contributed by atoms with Gasteiger partial charge in [-0.2, -0.15) is 0 Å². The smallest absolute Gasteiger partial charge is 0.550 e. The molecule has 0 saturated carbocycles. The summed E-state index contributed by atoms with van der Waals surface area (Å²) in [4.78, 5) is 43.5. The molecule has 2 atom stereocenters. The molecule has 11 nitrogen and oxygen atoms in total. The maximum Gasteiger partial charge on any atom is 1.00 e. The zero-order valence-corrected chi connectivity index (χ0v) is 24.0. The van der Waals surface area contributed by atoms with Gasteiger partial charge in [-0.3, -0.25) is 4.90 Å². The maximum atomic E-state index is 10.9. The summed E-state index contributed by atoms with van der Waals surface area (Å²) in [5.41, 5.74) is 0. The quantitative estimate of drug-likeness (QED) is 0.275. The van der Waals surface area contributed by atoms with Crippen LogP contribution in [0.4, 0.5) is 0 Å². The van der Waals surface area contributed by atoms with Gasteiger partial charge in [-0.1, -0.05) is 0 Å². The fourth-order valence-corrected chi connectivity index (χ4v) is 1.75. The van der Waals surface area contributed by atoms with Gasteiger partial charge in [0.05, 0.1) is 31.2 Å². The first-order chi connectivity index (χ1) is 10.7. The molecule has 0 heterocycles. The molecule has 0 radical (unpaired) electrons. The van der Waals surface area contributed by atoms with E-state index in [2.05, 4.69) is 0 Å². The fourth-order valence-electron chi connectivity index (χ4n) is 1.75. The van der Waals surface area contributed by atoms with Crippen LogP contribution in [0.2, 0.25) is 0 Å². The van der Waals surface area contributed by atoms with Crippen molar-refractivity contribution in [3.05, 3.63) is 0 Å². The van der Waals surface area contributed by atoms with E-state index in [0.717, 1.165) is 4.90 Å². The van der Waals surface area contributed by atoms with Crippen LogP contribution < -0.4 is 139 Å². The number of carbonyl (C=O) groups is 4. The maximum absolute atomic E-state index is 10.9. The SMILES string of the molecule is O=C([O-])CC(OCCN(CCO)[C@@H](CC(=O)[O-])C(=O)[O-])C(=O)[O-].[Na+].[Na+].[Na+].[Na+]. The summed E-state index contributed by atoms with van der Waals surface area (Å²) in [6.45, 7) is -1.53. The van der Waals surface area contributed by atoms with E-state index in [1.54, 1.807) is 0 Å². The first-order valence-corrected chi connectivity index (χ1v) is 6.47. The van der Waals surface area contributed by atoms with Crippen molar-refractivity contribution in [3.8, 4) is 0 Å². The third-order valence-electron chi connectivity index (χ3n) is 2.77. The summed E-state index contributed by atoms with van der Waals surface area (Å²) in [7, 11) is 0. The average Bonchev–Trinajstić information content (AvgIpc) is 2.41. The number of hydrogen-bond acceptors (Lipinski definition) is 11. The Morgan fingerprint density at radius 2 is 1.30 bits per heavy atom. The first-order valence-electron chi connectivity index (χ1n) is 6.47. The third kappa shape index (κ3) is 19.5. The molecule has 0 rings (SSSR count). The summed E-state index contributed by atoms with van der Waals surface area (Å²) in [6, 6.07) is -1.63. The molecule has 0 aromatic rings. The van der Waals surface area contributed by atoms with Crippen molar-refractivity contribution < 1.29 is 168 Å². The molecule has 0 fully saturated rings. The van der Waals surface area contributed by atoms with Gasteiger partial charge in [-0.05, 0) is 0 Å². The van der Waals surface area contributed by atoms with Gasteiger partial charge in [0.2, 0.25) is 0 Å². The zero-order valence-electron chi connectivity index (χ0n) is 16.0. The van der Waals surface area contributed by atoms with E-state index in [1.165, 1.54) is 0 Å². The van der Waals surface area contributed by atoms with E-state index in [0.29, 0.717) is 0 Å². The number of carbonyl (C=O) groups excluding carboxylic acids is 4. The van der Waals surface area contributed by atoms with Gasteiger partial charge in [-0.25, -0.2) is 0 Å². The number of aliphatic hydroxyl groups is 1. The molecule has 0 saturated heterocycles. The number of carboxylic acid groups (broad SMARTS) is 4. The van der Waals surface area contributed by atoms with E-state index in [9.17, 15) is 39.6 Å². The third-order valence-corrected chi connectivity index (χ3v) is 2.77. The second-order valence-corrected chi connectivity index (χ2v) is 4.43. The molecule has 0 bridgehead atoms. The summed E-state index contributed by atoms with van der Waals surface area (Å²) in [5, 5.41) is 51.4. The monoisotopic (exact) mass is 425 g/mol. The summed E-state index contributed by atoms with van der Waals surface area (Å²) >= 11 is 0. The van der Waals surface area contributed by atoms with Crippen LogP contribution in [0, 0.1) is 0 Å². The molecule has 0 aromatic carbocycles. The number of nitrogens with zero attached hydrogens (tertiary/aromatic N) is 1. The van der Waals surface area contributed by atoms with Gasteiger partial charge in [0.1, 0.15) is 6.10 Å². The first kappa shape index (κ1) is 39.3. The van der Waals surface area contributed by atoms with Crippen molar-refractivity contribution in [3.63, 3.8) is 0 Å². The van der Waals surface area contributed by atoms with Crippen molar-refractivity contribution in [1.82, 2.24) is 4.90 Å². The van der Waals surface area contributed by atoms with E-state index in [4.69, 9.17) is 9.84 Å². The van der Waals surface area contributed by atoms with Gasteiger partial charge in [0, 0.05) is 37.9 Å². The van der Waals surface area contributed by atoms with Crippen LogP contribution in [0.3, 0.4) is 0 Å². The van der Waals surface area contributed by atoms with Crippen LogP contribution in [0.25, 0.3) is 0 Å². The van der Waals surface area contributed by atoms with Crippen LogP contribution in [0.1, 0.15) is 12.8 Å². The number of rotatable bonds is 13. The molecule has 0 aliphatic heterocycles. The Labute approximate surface area is 244 Å². The summed E-state index contributed by atoms with van der Waals surface area (Å²) < 4.78 is 4.74. The van der Waals surface area contributed by atoms with Crippen molar-refractivity contribution in [2.75, 3.05) is 26.3 Å². The van der Waals surface area contributed by atoms with Crippen LogP contribution >= 0.6 is 0 Å². The number of aliphatic carboxylic acids is 4. The summed E-state index contributed by atoms with van der Waals surface area (Å²) in [6.07, 6.45) is -3.69.